The third-order valence-electron chi connectivity index (χ3n) is 3.68. The number of hydrogen-bond donors (Lipinski definition) is 1. The summed E-state index contributed by atoms with van der Waals surface area (Å²) in [5.41, 5.74) is 0.0555. The Morgan fingerprint density at radius 3 is 2.71 bits per heavy atom. The van der Waals surface area contributed by atoms with Gasteiger partial charge in [0.05, 0.1) is 0 Å². The van der Waals surface area contributed by atoms with Crippen molar-refractivity contribution in [2.75, 3.05) is 0 Å². The summed E-state index contributed by atoms with van der Waals surface area (Å²) >= 11 is 1.40. The van der Waals surface area contributed by atoms with E-state index in [1.165, 1.54) is 43.5 Å². The molecule has 2 heterocycles. The second-order valence-corrected chi connectivity index (χ2v) is 6.47. The highest BCUT2D eigenvalue weighted by molar-refractivity contribution is 7.99. The van der Waals surface area contributed by atoms with Crippen LogP contribution in [0.1, 0.15) is 54.0 Å². The number of carboxylic acids is 1. The molecule has 2 aromatic rings. The summed E-state index contributed by atoms with van der Waals surface area (Å²) in [7, 11) is 0. The van der Waals surface area contributed by atoms with Gasteiger partial charge < -0.3 is 9.67 Å². The van der Waals surface area contributed by atoms with Gasteiger partial charge in [0.1, 0.15) is 16.5 Å². The number of carbonyl (C=O) groups is 1. The van der Waals surface area contributed by atoms with Crippen molar-refractivity contribution in [2.24, 2.45) is 0 Å². The van der Waals surface area contributed by atoms with Crippen molar-refractivity contribution < 1.29 is 9.90 Å². The molecule has 7 heteroatoms. The molecule has 6 nitrogen and oxygen atoms in total. The van der Waals surface area contributed by atoms with E-state index in [9.17, 15) is 4.79 Å². The van der Waals surface area contributed by atoms with Gasteiger partial charge in [0, 0.05) is 12.0 Å². The summed E-state index contributed by atoms with van der Waals surface area (Å²) in [5.74, 6) is 0.639. The van der Waals surface area contributed by atoms with Crippen LogP contribution in [0.25, 0.3) is 0 Å². The molecule has 1 N–H and O–H groups in total. The first kappa shape index (κ1) is 12.8. The van der Waals surface area contributed by atoms with Crippen molar-refractivity contribution in [1.82, 2.24) is 19.7 Å². The molecule has 0 radical (unpaired) electrons. The first-order valence-electron chi connectivity index (χ1n) is 7.05. The summed E-state index contributed by atoms with van der Waals surface area (Å²) in [6.45, 7) is 0. The molecule has 0 amide bonds. The van der Waals surface area contributed by atoms with E-state index in [1.807, 2.05) is 0 Å². The number of aromatic carboxylic acids is 1. The Kier molecular flexibility index (Phi) is 2.95. The lowest BCUT2D eigenvalue weighted by Gasteiger charge is -2.07. The van der Waals surface area contributed by atoms with E-state index in [-0.39, 0.29) is 5.69 Å². The van der Waals surface area contributed by atoms with E-state index >= 15 is 0 Å². The zero-order valence-corrected chi connectivity index (χ0v) is 12.1. The number of nitrogens with zero attached hydrogens (tertiary/aromatic N) is 4. The van der Waals surface area contributed by atoms with Crippen molar-refractivity contribution in [3.8, 4) is 0 Å². The largest absolute Gasteiger partial charge is 0.477 e. The number of pyridine rings is 1. The fraction of sp³-hybridized carbons (Fsp3) is 0.429. The average Bonchev–Trinajstić information content (AvgIpc) is 3.39. The molecule has 2 aromatic heterocycles. The Morgan fingerprint density at radius 1 is 1.24 bits per heavy atom. The molecule has 0 aliphatic heterocycles. The van der Waals surface area contributed by atoms with Crippen LogP contribution in [0.15, 0.2) is 28.4 Å². The highest BCUT2D eigenvalue weighted by atomic mass is 32.2. The Labute approximate surface area is 125 Å². The SMILES string of the molecule is O=C(O)c1cccc(Sc2nnc(C3CC3)n2C2CC2)n1. The van der Waals surface area contributed by atoms with Gasteiger partial charge in [-0.2, -0.15) is 0 Å². The minimum Gasteiger partial charge on any atom is -0.477 e. The van der Waals surface area contributed by atoms with Gasteiger partial charge >= 0.3 is 5.97 Å². The molecule has 0 unspecified atom stereocenters. The van der Waals surface area contributed by atoms with Gasteiger partial charge in [-0.25, -0.2) is 9.78 Å². The van der Waals surface area contributed by atoms with E-state index < -0.39 is 5.97 Å². The monoisotopic (exact) mass is 302 g/mol. The van der Waals surface area contributed by atoms with E-state index in [4.69, 9.17) is 5.11 Å². The normalized spacial score (nSPS) is 17.9. The molecule has 2 saturated carbocycles. The zero-order chi connectivity index (χ0) is 14.4. The quantitative estimate of drug-likeness (QED) is 0.914. The predicted octanol–water partition coefficient (Wildman–Crippen LogP) is 2.73. The summed E-state index contributed by atoms with van der Waals surface area (Å²) < 4.78 is 2.23. The van der Waals surface area contributed by atoms with Crippen molar-refractivity contribution in [1.29, 1.82) is 0 Å². The molecule has 108 valence electrons. The lowest BCUT2D eigenvalue weighted by Crippen LogP contribution is -2.03. The second kappa shape index (κ2) is 4.84. The molecule has 0 saturated heterocycles. The number of rotatable bonds is 5. The van der Waals surface area contributed by atoms with Crippen molar-refractivity contribution in [3.63, 3.8) is 0 Å². The molecule has 21 heavy (non-hydrogen) atoms. The van der Waals surface area contributed by atoms with Crippen LogP contribution in [0.2, 0.25) is 0 Å². The van der Waals surface area contributed by atoms with E-state index in [1.54, 1.807) is 12.1 Å². The fourth-order valence-corrected chi connectivity index (χ4v) is 3.24. The lowest BCUT2D eigenvalue weighted by atomic mass is 10.4. The molecule has 2 aliphatic rings. The van der Waals surface area contributed by atoms with Crippen LogP contribution < -0.4 is 0 Å². The Bertz CT molecular complexity index is 707. The molecule has 2 fully saturated rings. The molecule has 0 atom stereocenters. The van der Waals surface area contributed by atoms with Crippen molar-refractivity contribution >= 4 is 17.7 Å². The third-order valence-corrected chi connectivity index (χ3v) is 4.58. The van der Waals surface area contributed by atoms with Gasteiger partial charge in [-0.3, -0.25) is 0 Å². The maximum atomic E-state index is 11.0. The van der Waals surface area contributed by atoms with Crippen LogP contribution in [-0.4, -0.2) is 30.8 Å². The molecular weight excluding hydrogens is 288 g/mol. The lowest BCUT2D eigenvalue weighted by molar-refractivity contribution is 0.0689. The fourth-order valence-electron chi connectivity index (χ4n) is 2.34. The molecular formula is C14H14N4O2S. The minimum atomic E-state index is -1.01. The van der Waals surface area contributed by atoms with E-state index in [0.717, 1.165) is 11.0 Å². The Morgan fingerprint density at radius 2 is 2.05 bits per heavy atom. The van der Waals surface area contributed by atoms with Crippen molar-refractivity contribution in [3.05, 3.63) is 29.7 Å². The maximum Gasteiger partial charge on any atom is 0.354 e. The van der Waals surface area contributed by atoms with Gasteiger partial charge in [0.2, 0.25) is 0 Å². The summed E-state index contributed by atoms with van der Waals surface area (Å²) in [6, 6.07) is 5.52. The molecule has 2 aliphatic carbocycles. The molecule has 0 spiro atoms. The first-order valence-corrected chi connectivity index (χ1v) is 7.87. The summed E-state index contributed by atoms with van der Waals surface area (Å²) in [4.78, 5) is 15.1. The summed E-state index contributed by atoms with van der Waals surface area (Å²) in [6.07, 6.45) is 4.74. The van der Waals surface area contributed by atoms with Crippen molar-refractivity contribution in [2.45, 2.75) is 47.8 Å². The topological polar surface area (TPSA) is 80.9 Å². The van der Waals surface area contributed by atoms with Crippen LogP contribution >= 0.6 is 11.8 Å². The van der Waals surface area contributed by atoms with Gasteiger partial charge in [-0.05, 0) is 49.6 Å². The van der Waals surface area contributed by atoms with Crippen LogP contribution in [0.5, 0.6) is 0 Å². The van der Waals surface area contributed by atoms with E-state index in [0.29, 0.717) is 17.0 Å². The number of carboxylic acid groups (broad SMARTS) is 1. The second-order valence-electron chi connectivity index (χ2n) is 5.48. The highest BCUT2D eigenvalue weighted by Gasteiger charge is 2.36. The van der Waals surface area contributed by atoms with E-state index in [2.05, 4.69) is 19.7 Å². The van der Waals surface area contributed by atoms with Crippen LogP contribution in [0.4, 0.5) is 0 Å². The maximum absolute atomic E-state index is 11.0. The molecule has 4 rings (SSSR count). The van der Waals surface area contributed by atoms with Gasteiger partial charge in [0.25, 0.3) is 0 Å². The zero-order valence-electron chi connectivity index (χ0n) is 11.3. The average molecular weight is 302 g/mol. The van der Waals surface area contributed by atoms with Crippen LogP contribution in [0, 0.1) is 0 Å². The van der Waals surface area contributed by atoms with Gasteiger partial charge in [-0.1, -0.05) is 6.07 Å². The van der Waals surface area contributed by atoms with Gasteiger partial charge in [-0.15, -0.1) is 10.2 Å². The molecule has 0 bridgehead atoms. The van der Waals surface area contributed by atoms with Crippen LogP contribution in [-0.2, 0) is 0 Å². The number of hydrogen-bond acceptors (Lipinski definition) is 5. The van der Waals surface area contributed by atoms with Crippen LogP contribution in [0.3, 0.4) is 0 Å². The first-order chi connectivity index (χ1) is 10.2. The predicted molar refractivity (Wildman–Crippen MR) is 75.6 cm³/mol. The highest BCUT2D eigenvalue weighted by Crippen LogP contribution is 2.46. The minimum absolute atomic E-state index is 0.0555. The molecule has 0 aromatic carbocycles. The van der Waals surface area contributed by atoms with Gasteiger partial charge in [0.15, 0.2) is 5.16 Å². The summed E-state index contributed by atoms with van der Waals surface area (Å²) in [5, 5.41) is 19.1. The third kappa shape index (κ3) is 2.53. The Hall–Kier alpha value is -1.89. The standard InChI is InChI=1S/C14H14N4O2S/c19-13(20)10-2-1-3-11(15-10)21-14-17-16-12(8-4-5-8)18(14)9-6-7-9/h1-3,8-9H,4-7H2,(H,19,20). The smallest absolute Gasteiger partial charge is 0.354 e. The Balaban J connectivity index is 1.65. The number of aromatic nitrogens is 4.